The van der Waals surface area contributed by atoms with Crippen LogP contribution in [0.3, 0.4) is 0 Å². The van der Waals surface area contributed by atoms with Gasteiger partial charge in [-0.25, -0.2) is 23.0 Å². The Morgan fingerprint density at radius 1 is 0.975 bits per heavy atom. The van der Waals surface area contributed by atoms with Crippen LogP contribution in [0.4, 0.5) is 5.82 Å². The van der Waals surface area contributed by atoms with Gasteiger partial charge in [0.15, 0.2) is 0 Å². The van der Waals surface area contributed by atoms with Gasteiger partial charge < -0.3 is 10.1 Å². The first-order chi connectivity index (χ1) is 19.3. The van der Waals surface area contributed by atoms with E-state index in [0.29, 0.717) is 47.7 Å². The number of carbonyl (C=O) groups is 1. The highest BCUT2D eigenvalue weighted by Gasteiger charge is 2.22. The number of sulfonamides is 1. The fourth-order valence-electron chi connectivity index (χ4n) is 4.10. The van der Waals surface area contributed by atoms with Gasteiger partial charge in [-0.3, -0.25) is 9.52 Å². The summed E-state index contributed by atoms with van der Waals surface area (Å²) in [5.41, 5.74) is 2.73. The number of hydrogen-bond acceptors (Lipinski definition) is 6. The van der Waals surface area contributed by atoms with Crippen LogP contribution in [0.2, 0.25) is 0 Å². The summed E-state index contributed by atoms with van der Waals surface area (Å²) >= 11 is 0. The number of aryl methyl sites for hydroxylation is 2. The van der Waals surface area contributed by atoms with Gasteiger partial charge in [-0.1, -0.05) is 29.8 Å². The molecular weight excluding hydrogens is 528 g/mol. The predicted octanol–water partition coefficient (Wildman–Crippen LogP) is 3.65. The topological polar surface area (TPSA) is 119 Å². The Kier molecular flexibility index (Phi) is 7.74. The Labute approximate surface area is 232 Å². The van der Waals surface area contributed by atoms with E-state index in [4.69, 9.17) is 9.72 Å². The van der Waals surface area contributed by atoms with Gasteiger partial charge in [0.2, 0.25) is 12.1 Å². The fourth-order valence-corrected chi connectivity index (χ4v) is 5.11. The van der Waals surface area contributed by atoms with Crippen LogP contribution in [0, 0.1) is 6.92 Å². The number of fused-ring (bicyclic) bond motifs is 1. The van der Waals surface area contributed by atoms with Gasteiger partial charge in [0.05, 0.1) is 29.6 Å². The quantitative estimate of drug-likeness (QED) is 0.200. The molecule has 2 N–H and O–H groups in total. The zero-order valence-electron chi connectivity index (χ0n) is 22.1. The van der Waals surface area contributed by atoms with Crippen LogP contribution in [-0.2, 0) is 16.6 Å². The first-order valence-electron chi connectivity index (χ1n) is 12.7. The number of para-hydroxylation sites is 2. The van der Waals surface area contributed by atoms with E-state index in [2.05, 4.69) is 15.0 Å². The van der Waals surface area contributed by atoms with Crippen molar-refractivity contribution >= 4 is 32.8 Å². The first kappa shape index (κ1) is 26.8. The molecule has 40 heavy (non-hydrogen) atoms. The second-order valence-corrected chi connectivity index (χ2v) is 10.9. The maximum atomic E-state index is 13.2. The number of ether oxygens (including phenoxy) is 1. The summed E-state index contributed by atoms with van der Waals surface area (Å²) in [6.45, 7) is 3.01. The fraction of sp³-hybridized carbons (Fsp3) is 0.172. The van der Waals surface area contributed by atoms with Crippen LogP contribution in [0.25, 0.3) is 16.9 Å². The number of aromatic nitrogens is 4. The predicted molar refractivity (Wildman–Crippen MR) is 151 cm³/mol. The zero-order valence-corrected chi connectivity index (χ0v) is 22.9. The number of rotatable bonds is 10. The summed E-state index contributed by atoms with van der Waals surface area (Å²) in [6, 6.07) is 20.8. The lowest BCUT2D eigenvalue weighted by Gasteiger charge is -2.10. The van der Waals surface area contributed by atoms with Crippen LogP contribution >= 0.6 is 0 Å². The molecule has 204 valence electrons. The highest BCUT2D eigenvalue weighted by atomic mass is 32.2. The van der Waals surface area contributed by atoms with Gasteiger partial charge in [0, 0.05) is 18.5 Å². The summed E-state index contributed by atoms with van der Waals surface area (Å²) in [6.07, 6.45) is 6.15. The molecule has 0 aliphatic carbocycles. The van der Waals surface area contributed by atoms with Gasteiger partial charge in [0.25, 0.3) is 21.7 Å². The Morgan fingerprint density at radius 3 is 2.38 bits per heavy atom. The normalized spacial score (nSPS) is 11.3. The van der Waals surface area contributed by atoms with Crippen LogP contribution in [-0.4, -0.2) is 42.5 Å². The number of carbonyl (C=O) groups excluding carboxylic acids is 1. The molecule has 2 heterocycles. The van der Waals surface area contributed by atoms with Crippen molar-refractivity contribution < 1.29 is 22.5 Å². The Hall–Kier alpha value is -4.77. The molecule has 2 aromatic heterocycles. The minimum atomic E-state index is -3.89. The van der Waals surface area contributed by atoms with Crippen LogP contribution in [0.5, 0.6) is 5.75 Å². The lowest BCUT2D eigenvalue weighted by molar-refractivity contribution is -0.696. The smallest absolute Gasteiger partial charge is 0.270 e. The zero-order chi connectivity index (χ0) is 28.1. The van der Waals surface area contributed by atoms with E-state index in [1.807, 2.05) is 42.2 Å². The number of nitrogens with one attached hydrogen (secondary N) is 2. The Bertz CT molecular complexity index is 1750. The van der Waals surface area contributed by atoms with Crippen molar-refractivity contribution in [2.24, 2.45) is 0 Å². The van der Waals surface area contributed by atoms with Crippen molar-refractivity contribution in [2.75, 3.05) is 18.4 Å². The number of imidazole rings is 1. The molecule has 1 amide bonds. The highest BCUT2D eigenvalue weighted by molar-refractivity contribution is 7.92. The SMILES string of the molecule is COc1ccc(C(=O)NCCC[n+]2ccn(-c3nc4ccccc4nc3NS(=O)(=O)c3ccc(C)cc3)c2)cc1. The minimum Gasteiger partial charge on any atom is -0.497 e. The van der Waals surface area contributed by atoms with Crippen LogP contribution in [0.15, 0.2) is 96.4 Å². The second-order valence-electron chi connectivity index (χ2n) is 9.20. The molecule has 0 fully saturated rings. The largest absolute Gasteiger partial charge is 0.497 e. The number of hydrogen-bond donors (Lipinski definition) is 2. The summed E-state index contributed by atoms with van der Waals surface area (Å²) in [5.74, 6) is 1.01. The highest BCUT2D eigenvalue weighted by Crippen LogP contribution is 2.23. The van der Waals surface area contributed by atoms with Crippen molar-refractivity contribution in [3.05, 3.63) is 103 Å². The number of nitrogens with zero attached hydrogens (tertiary/aromatic N) is 4. The molecule has 5 rings (SSSR count). The third kappa shape index (κ3) is 6.10. The first-order valence-corrected chi connectivity index (χ1v) is 14.2. The van der Waals surface area contributed by atoms with Crippen molar-refractivity contribution in [1.82, 2.24) is 19.9 Å². The third-order valence-corrected chi connectivity index (χ3v) is 7.64. The Balaban J connectivity index is 1.31. The van der Waals surface area contributed by atoms with Crippen molar-refractivity contribution in [3.63, 3.8) is 0 Å². The monoisotopic (exact) mass is 557 g/mol. The molecule has 3 aromatic carbocycles. The van der Waals surface area contributed by atoms with Gasteiger partial charge in [0.1, 0.15) is 18.1 Å². The molecule has 0 radical (unpaired) electrons. The Morgan fingerprint density at radius 2 is 1.68 bits per heavy atom. The molecule has 0 saturated carbocycles. The van der Waals surface area contributed by atoms with E-state index in [0.717, 1.165) is 5.56 Å². The minimum absolute atomic E-state index is 0.119. The van der Waals surface area contributed by atoms with Crippen molar-refractivity contribution in [2.45, 2.75) is 24.8 Å². The maximum absolute atomic E-state index is 13.2. The number of benzene rings is 3. The van der Waals surface area contributed by atoms with Gasteiger partial charge >= 0.3 is 0 Å². The van der Waals surface area contributed by atoms with Gasteiger partial charge in [-0.2, -0.15) is 4.57 Å². The number of methoxy groups -OCH3 is 1. The average Bonchev–Trinajstić information content (AvgIpc) is 3.43. The van der Waals surface area contributed by atoms with E-state index in [9.17, 15) is 13.2 Å². The van der Waals surface area contributed by atoms with Crippen molar-refractivity contribution in [1.29, 1.82) is 0 Å². The summed E-state index contributed by atoms with van der Waals surface area (Å²) in [4.78, 5) is 21.8. The summed E-state index contributed by atoms with van der Waals surface area (Å²) in [7, 11) is -2.31. The molecular formula is C29H29N6O4S+. The molecule has 11 heteroatoms. The standard InChI is InChI=1S/C29H28N6O4S/c1-21-8-14-24(15-9-21)40(37,38)33-27-28(32-26-7-4-3-6-25(26)31-27)35-19-18-34(20-35)17-5-16-30-29(36)22-10-12-23(39-2)13-11-22/h3-4,6-15,18-20H,5,16-17H2,1-2H3,(H-,30,31,33,36)/p+1. The van der Waals surface area contributed by atoms with Crippen LogP contribution in [0.1, 0.15) is 22.3 Å². The van der Waals surface area contributed by atoms with E-state index >= 15 is 0 Å². The maximum Gasteiger partial charge on any atom is 0.270 e. The third-order valence-electron chi connectivity index (χ3n) is 6.28. The number of amides is 1. The molecule has 5 aromatic rings. The second kappa shape index (κ2) is 11.5. The molecule has 10 nitrogen and oxygen atoms in total. The lowest BCUT2D eigenvalue weighted by atomic mass is 10.2. The van der Waals surface area contributed by atoms with E-state index in [-0.39, 0.29) is 16.6 Å². The number of anilines is 1. The molecule has 0 aliphatic heterocycles. The average molecular weight is 558 g/mol. The van der Waals surface area contributed by atoms with Gasteiger partial charge in [-0.05, 0) is 55.5 Å². The van der Waals surface area contributed by atoms with Gasteiger partial charge in [-0.15, -0.1) is 0 Å². The van der Waals surface area contributed by atoms with E-state index in [1.165, 1.54) is 0 Å². The van der Waals surface area contributed by atoms with Crippen LogP contribution < -0.4 is 19.3 Å². The summed E-state index contributed by atoms with van der Waals surface area (Å²) < 4.78 is 37.8. The van der Waals surface area contributed by atoms with Crippen molar-refractivity contribution in [3.8, 4) is 11.6 Å². The summed E-state index contributed by atoms with van der Waals surface area (Å²) in [5, 5.41) is 2.92. The molecule has 0 saturated heterocycles. The lowest BCUT2D eigenvalue weighted by Crippen LogP contribution is -2.34. The van der Waals surface area contributed by atoms with E-state index < -0.39 is 10.0 Å². The molecule has 0 aliphatic rings. The van der Waals surface area contributed by atoms with E-state index in [1.54, 1.807) is 72.5 Å². The molecule has 0 unspecified atom stereocenters. The molecule has 0 bridgehead atoms. The molecule has 0 atom stereocenters. The molecule has 0 spiro atoms.